The predicted molar refractivity (Wildman–Crippen MR) is 108 cm³/mol. The van der Waals surface area contributed by atoms with Crippen LogP contribution >= 0.6 is 0 Å². The molecule has 146 valence electrons. The number of nitrogens with one attached hydrogen (secondary N) is 1. The lowest BCUT2D eigenvalue weighted by Gasteiger charge is -2.37. The van der Waals surface area contributed by atoms with E-state index < -0.39 is 5.97 Å². The summed E-state index contributed by atoms with van der Waals surface area (Å²) in [6.07, 6.45) is 1.86. The van der Waals surface area contributed by atoms with Gasteiger partial charge in [-0.15, -0.1) is 0 Å². The van der Waals surface area contributed by atoms with Crippen LogP contribution in [-0.2, 0) is 5.41 Å². The molecule has 3 aromatic rings. The van der Waals surface area contributed by atoms with Crippen molar-refractivity contribution >= 4 is 28.4 Å². The van der Waals surface area contributed by atoms with Gasteiger partial charge in [0, 0.05) is 48.7 Å². The third kappa shape index (κ3) is 3.37. The van der Waals surface area contributed by atoms with Crippen LogP contribution in [-0.4, -0.2) is 57.4 Å². The molecule has 1 aliphatic heterocycles. The van der Waals surface area contributed by atoms with Gasteiger partial charge in [0.1, 0.15) is 5.82 Å². The lowest BCUT2D eigenvalue weighted by atomic mass is 9.92. The topological polar surface area (TPSA) is 98.2 Å². The Morgan fingerprint density at radius 3 is 2.50 bits per heavy atom. The summed E-state index contributed by atoms with van der Waals surface area (Å²) < 4.78 is 0. The smallest absolute Gasteiger partial charge is 0.374 e. The zero-order chi connectivity index (χ0) is 19.9. The molecule has 0 radical (unpaired) electrons. The van der Waals surface area contributed by atoms with Crippen molar-refractivity contribution in [2.24, 2.45) is 0 Å². The van der Waals surface area contributed by atoms with Gasteiger partial charge in [-0.05, 0) is 12.1 Å². The minimum absolute atomic E-state index is 0.145. The molecule has 0 atom stereocenters. The van der Waals surface area contributed by atoms with Crippen LogP contribution in [0.2, 0.25) is 0 Å². The maximum atomic E-state index is 11.5. The maximum Gasteiger partial charge on any atom is 0.374 e. The highest BCUT2D eigenvalue weighted by atomic mass is 16.4. The summed E-state index contributed by atoms with van der Waals surface area (Å²) in [5.41, 5.74) is 2.67. The summed E-state index contributed by atoms with van der Waals surface area (Å²) in [5.74, 6) is -0.566. The molecule has 0 unspecified atom stereocenters. The third-order valence-corrected chi connectivity index (χ3v) is 5.08. The fourth-order valence-corrected chi connectivity index (χ4v) is 3.48. The standard InChI is InChI=1S/C20H24N6O2/c1-20(2,3)16-11-17(23-18(22-16)19(27)28)26-9-7-25(8-10-26)15-6-4-5-14-13(15)12-21-24-14/h4-6,11-12H,7-10H2,1-3H3,(H,21,24)(H,27,28). The molecule has 2 N–H and O–H groups in total. The Morgan fingerprint density at radius 2 is 1.82 bits per heavy atom. The number of aromatic amines is 1. The highest BCUT2D eigenvalue weighted by Crippen LogP contribution is 2.28. The van der Waals surface area contributed by atoms with Gasteiger partial charge in [-0.1, -0.05) is 26.8 Å². The van der Waals surface area contributed by atoms with E-state index in [1.165, 1.54) is 0 Å². The van der Waals surface area contributed by atoms with Gasteiger partial charge in [0.05, 0.1) is 17.4 Å². The van der Waals surface area contributed by atoms with E-state index in [1.807, 2.05) is 45.2 Å². The average molecular weight is 380 g/mol. The number of nitrogens with zero attached hydrogens (tertiary/aromatic N) is 5. The second kappa shape index (κ2) is 6.78. The first-order valence-corrected chi connectivity index (χ1v) is 9.38. The highest BCUT2D eigenvalue weighted by molar-refractivity contribution is 5.91. The van der Waals surface area contributed by atoms with E-state index in [1.54, 1.807) is 0 Å². The second-order valence-electron chi connectivity index (χ2n) is 8.07. The molecule has 1 aliphatic rings. The van der Waals surface area contributed by atoms with Gasteiger partial charge in [0.25, 0.3) is 0 Å². The number of H-pyrrole nitrogens is 1. The monoisotopic (exact) mass is 380 g/mol. The number of aromatic carboxylic acids is 1. The van der Waals surface area contributed by atoms with E-state index in [2.05, 4.69) is 36.0 Å². The Balaban J connectivity index is 1.57. The summed E-state index contributed by atoms with van der Waals surface area (Å²) in [5, 5.41) is 17.7. The summed E-state index contributed by atoms with van der Waals surface area (Å²) in [4.78, 5) is 24.5. The molecule has 1 saturated heterocycles. The second-order valence-corrected chi connectivity index (χ2v) is 8.07. The molecule has 2 aromatic heterocycles. The van der Waals surface area contributed by atoms with Crippen LogP contribution in [0.1, 0.15) is 37.1 Å². The summed E-state index contributed by atoms with van der Waals surface area (Å²) in [6, 6.07) is 8.07. The van der Waals surface area contributed by atoms with E-state index in [-0.39, 0.29) is 11.2 Å². The number of carboxylic acid groups (broad SMARTS) is 1. The number of aromatic nitrogens is 4. The molecule has 0 saturated carbocycles. The highest BCUT2D eigenvalue weighted by Gasteiger charge is 2.25. The summed E-state index contributed by atoms with van der Waals surface area (Å²) in [7, 11) is 0. The van der Waals surface area contributed by atoms with Crippen molar-refractivity contribution < 1.29 is 9.90 Å². The number of anilines is 2. The molecule has 0 amide bonds. The fraction of sp³-hybridized carbons (Fsp3) is 0.400. The summed E-state index contributed by atoms with van der Waals surface area (Å²) >= 11 is 0. The number of rotatable bonds is 3. The normalized spacial score (nSPS) is 15.2. The maximum absolute atomic E-state index is 11.5. The molecule has 8 nitrogen and oxygen atoms in total. The zero-order valence-electron chi connectivity index (χ0n) is 16.3. The van der Waals surface area contributed by atoms with Crippen LogP contribution in [0, 0.1) is 0 Å². The minimum atomic E-state index is -1.10. The molecule has 8 heteroatoms. The fourth-order valence-electron chi connectivity index (χ4n) is 3.48. The van der Waals surface area contributed by atoms with Crippen LogP contribution in [0.3, 0.4) is 0 Å². The lowest BCUT2D eigenvalue weighted by molar-refractivity contribution is 0.0683. The van der Waals surface area contributed by atoms with E-state index in [0.29, 0.717) is 5.82 Å². The van der Waals surface area contributed by atoms with Gasteiger partial charge in [-0.25, -0.2) is 14.8 Å². The van der Waals surface area contributed by atoms with Gasteiger partial charge < -0.3 is 14.9 Å². The number of fused-ring (bicyclic) bond motifs is 1. The van der Waals surface area contributed by atoms with Gasteiger partial charge in [0.15, 0.2) is 0 Å². The Labute approximate surface area is 163 Å². The van der Waals surface area contributed by atoms with Crippen LogP contribution in [0.25, 0.3) is 10.9 Å². The Morgan fingerprint density at radius 1 is 1.11 bits per heavy atom. The van der Waals surface area contributed by atoms with E-state index in [9.17, 15) is 9.90 Å². The van der Waals surface area contributed by atoms with E-state index >= 15 is 0 Å². The summed E-state index contributed by atoms with van der Waals surface area (Å²) in [6.45, 7) is 9.22. The quantitative estimate of drug-likeness (QED) is 0.721. The Bertz CT molecular complexity index is 1010. The largest absolute Gasteiger partial charge is 0.475 e. The predicted octanol–water partition coefficient (Wildman–Crippen LogP) is 2.68. The molecule has 28 heavy (non-hydrogen) atoms. The number of hydrogen-bond donors (Lipinski definition) is 2. The van der Waals surface area contributed by atoms with Gasteiger partial charge in [-0.2, -0.15) is 5.10 Å². The minimum Gasteiger partial charge on any atom is -0.475 e. The third-order valence-electron chi connectivity index (χ3n) is 5.08. The van der Waals surface area contributed by atoms with E-state index in [4.69, 9.17) is 0 Å². The molecule has 1 aromatic carbocycles. The van der Waals surface area contributed by atoms with Gasteiger partial charge in [0.2, 0.25) is 5.82 Å². The first-order chi connectivity index (χ1) is 13.3. The molecule has 3 heterocycles. The average Bonchev–Trinajstić information content (AvgIpc) is 3.16. The molecular formula is C20H24N6O2. The van der Waals surface area contributed by atoms with Crippen molar-refractivity contribution in [2.75, 3.05) is 36.0 Å². The number of carbonyl (C=O) groups is 1. The van der Waals surface area contributed by atoms with Crippen molar-refractivity contribution in [3.63, 3.8) is 0 Å². The van der Waals surface area contributed by atoms with Crippen LogP contribution in [0.15, 0.2) is 30.5 Å². The molecule has 0 spiro atoms. The Kier molecular flexibility index (Phi) is 4.41. The molecule has 1 fully saturated rings. The molecular weight excluding hydrogens is 356 g/mol. The van der Waals surface area contributed by atoms with E-state index in [0.717, 1.165) is 48.5 Å². The van der Waals surface area contributed by atoms with Crippen LogP contribution in [0.5, 0.6) is 0 Å². The molecule has 0 aliphatic carbocycles. The first-order valence-electron chi connectivity index (χ1n) is 9.38. The SMILES string of the molecule is CC(C)(C)c1cc(N2CCN(c3cccc4[nH]ncc34)CC2)nc(C(=O)O)n1. The first kappa shape index (κ1) is 18.2. The van der Waals surface area contributed by atoms with Crippen molar-refractivity contribution in [1.82, 2.24) is 20.2 Å². The van der Waals surface area contributed by atoms with Crippen molar-refractivity contribution in [3.05, 3.63) is 42.0 Å². The van der Waals surface area contributed by atoms with Gasteiger partial charge in [-0.3, -0.25) is 5.10 Å². The van der Waals surface area contributed by atoms with Crippen LogP contribution < -0.4 is 9.80 Å². The lowest BCUT2D eigenvalue weighted by Crippen LogP contribution is -2.47. The van der Waals surface area contributed by atoms with Crippen molar-refractivity contribution in [1.29, 1.82) is 0 Å². The van der Waals surface area contributed by atoms with Gasteiger partial charge >= 0.3 is 5.97 Å². The number of hydrogen-bond acceptors (Lipinski definition) is 6. The van der Waals surface area contributed by atoms with Crippen molar-refractivity contribution in [3.8, 4) is 0 Å². The Hall–Kier alpha value is -3.16. The van der Waals surface area contributed by atoms with Crippen molar-refractivity contribution in [2.45, 2.75) is 26.2 Å². The number of carboxylic acids is 1. The number of piperazine rings is 1. The number of benzene rings is 1. The molecule has 0 bridgehead atoms. The molecule has 4 rings (SSSR count). The van der Waals surface area contributed by atoms with Crippen LogP contribution in [0.4, 0.5) is 11.5 Å². The zero-order valence-corrected chi connectivity index (χ0v) is 16.3.